The van der Waals surface area contributed by atoms with Crippen molar-refractivity contribution in [2.75, 3.05) is 5.32 Å². The molecule has 0 radical (unpaired) electrons. The minimum absolute atomic E-state index is 0.311. The molecule has 0 atom stereocenters. The SMILES string of the molecule is CC(C)NCc1nnc(Nc2cccnn2)o1. The highest BCUT2D eigenvalue weighted by atomic mass is 16.4. The lowest BCUT2D eigenvalue weighted by Gasteiger charge is -2.03. The van der Waals surface area contributed by atoms with Gasteiger partial charge in [-0.2, -0.15) is 5.10 Å². The van der Waals surface area contributed by atoms with E-state index in [2.05, 4.69) is 44.9 Å². The maximum absolute atomic E-state index is 5.37. The summed E-state index contributed by atoms with van der Waals surface area (Å²) >= 11 is 0. The van der Waals surface area contributed by atoms with Gasteiger partial charge in [-0.05, 0) is 12.1 Å². The fraction of sp³-hybridized carbons (Fsp3) is 0.400. The van der Waals surface area contributed by atoms with Crippen LogP contribution in [0.5, 0.6) is 0 Å². The van der Waals surface area contributed by atoms with Crippen molar-refractivity contribution >= 4 is 11.8 Å². The molecule has 0 unspecified atom stereocenters. The Labute approximate surface area is 98.7 Å². The van der Waals surface area contributed by atoms with Gasteiger partial charge in [-0.3, -0.25) is 5.32 Å². The third kappa shape index (κ3) is 3.49. The Balaban J connectivity index is 1.94. The summed E-state index contributed by atoms with van der Waals surface area (Å²) in [6.45, 7) is 4.65. The van der Waals surface area contributed by atoms with Crippen LogP contribution in [0.1, 0.15) is 19.7 Å². The molecule has 0 saturated heterocycles. The van der Waals surface area contributed by atoms with E-state index in [0.717, 1.165) is 0 Å². The predicted molar refractivity (Wildman–Crippen MR) is 61.6 cm³/mol. The molecule has 7 heteroatoms. The van der Waals surface area contributed by atoms with E-state index < -0.39 is 0 Å². The molecule has 90 valence electrons. The minimum atomic E-state index is 0.311. The van der Waals surface area contributed by atoms with Crippen LogP contribution in [0.3, 0.4) is 0 Å². The molecule has 17 heavy (non-hydrogen) atoms. The van der Waals surface area contributed by atoms with E-state index in [4.69, 9.17) is 4.42 Å². The highest BCUT2D eigenvalue weighted by Gasteiger charge is 2.06. The van der Waals surface area contributed by atoms with Crippen LogP contribution < -0.4 is 10.6 Å². The van der Waals surface area contributed by atoms with Crippen molar-refractivity contribution in [3.05, 3.63) is 24.2 Å². The Morgan fingerprint density at radius 3 is 2.88 bits per heavy atom. The topological polar surface area (TPSA) is 88.8 Å². The minimum Gasteiger partial charge on any atom is -0.406 e. The first-order valence-corrected chi connectivity index (χ1v) is 5.34. The fourth-order valence-electron chi connectivity index (χ4n) is 1.14. The summed E-state index contributed by atoms with van der Waals surface area (Å²) in [7, 11) is 0. The molecule has 0 aliphatic carbocycles. The summed E-state index contributed by atoms with van der Waals surface area (Å²) < 4.78 is 5.37. The lowest BCUT2D eigenvalue weighted by atomic mass is 10.4. The van der Waals surface area contributed by atoms with Crippen LogP contribution in [0.4, 0.5) is 11.8 Å². The second kappa shape index (κ2) is 5.35. The van der Waals surface area contributed by atoms with Gasteiger partial charge in [-0.15, -0.1) is 10.2 Å². The van der Waals surface area contributed by atoms with Crippen LogP contribution >= 0.6 is 0 Å². The molecule has 2 N–H and O–H groups in total. The second-order valence-electron chi connectivity index (χ2n) is 3.77. The van der Waals surface area contributed by atoms with Gasteiger partial charge in [0.2, 0.25) is 5.89 Å². The second-order valence-corrected chi connectivity index (χ2v) is 3.77. The first kappa shape index (κ1) is 11.5. The van der Waals surface area contributed by atoms with Crippen LogP contribution in [0, 0.1) is 0 Å². The van der Waals surface area contributed by atoms with Gasteiger partial charge in [0.25, 0.3) is 0 Å². The first-order valence-electron chi connectivity index (χ1n) is 5.34. The number of hydrogen-bond acceptors (Lipinski definition) is 7. The number of aromatic nitrogens is 4. The number of nitrogens with zero attached hydrogens (tertiary/aromatic N) is 4. The third-order valence-corrected chi connectivity index (χ3v) is 1.94. The lowest BCUT2D eigenvalue weighted by molar-refractivity contribution is 0.460. The summed E-state index contributed by atoms with van der Waals surface area (Å²) in [6, 6.07) is 4.22. The fourth-order valence-corrected chi connectivity index (χ4v) is 1.14. The maximum Gasteiger partial charge on any atom is 0.321 e. The van der Waals surface area contributed by atoms with Crippen molar-refractivity contribution in [3.63, 3.8) is 0 Å². The van der Waals surface area contributed by atoms with Gasteiger partial charge in [0, 0.05) is 12.2 Å². The summed E-state index contributed by atoms with van der Waals surface area (Å²) in [5, 5.41) is 21.4. The van der Waals surface area contributed by atoms with Gasteiger partial charge in [-0.1, -0.05) is 18.9 Å². The van der Waals surface area contributed by atoms with Crippen molar-refractivity contribution in [3.8, 4) is 0 Å². The highest BCUT2D eigenvalue weighted by Crippen LogP contribution is 2.11. The molecule has 0 fully saturated rings. The van der Waals surface area contributed by atoms with Crippen molar-refractivity contribution in [1.29, 1.82) is 0 Å². The molecule has 0 amide bonds. The largest absolute Gasteiger partial charge is 0.406 e. The van der Waals surface area contributed by atoms with Crippen molar-refractivity contribution in [1.82, 2.24) is 25.7 Å². The zero-order valence-corrected chi connectivity index (χ0v) is 9.71. The molecule has 7 nitrogen and oxygen atoms in total. The molecule has 2 aromatic heterocycles. The number of nitrogens with one attached hydrogen (secondary N) is 2. The van der Waals surface area contributed by atoms with Crippen LogP contribution in [-0.4, -0.2) is 26.4 Å². The van der Waals surface area contributed by atoms with Crippen molar-refractivity contribution < 1.29 is 4.42 Å². The third-order valence-electron chi connectivity index (χ3n) is 1.94. The molecule has 0 saturated carbocycles. The molecule has 0 aliphatic rings. The molecule has 2 rings (SSSR count). The molecule has 2 aromatic rings. The monoisotopic (exact) mass is 234 g/mol. The van der Waals surface area contributed by atoms with Gasteiger partial charge < -0.3 is 9.73 Å². The quantitative estimate of drug-likeness (QED) is 0.800. The Morgan fingerprint density at radius 2 is 2.18 bits per heavy atom. The molecule has 0 aliphatic heterocycles. The summed E-state index contributed by atoms with van der Waals surface area (Å²) in [5.41, 5.74) is 0. The van der Waals surface area contributed by atoms with Gasteiger partial charge in [0.05, 0.1) is 6.54 Å². The van der Waals surface area contributed by atoms with E-state index in [-0.39, 0.29) is 0 Å². The average molecular weight is 234 g/mol. The molecule has 0 bridgehead atoms. The van der Waals surface area contributed by atoms with E-state index in [0.29, 0.717) is 30.3 Å². The highest BCUT2D eigenvalue weighted by molar-refractivity contribution is 5.43. The van der Waals surface area contributed by atoms with E-state index in [9.17, 15) is 0 Å². The van der Waals surface area contributed by atoms with Crippen LogP contribution in [0.2, 0.25) is 0 Å². The molecule has 0 aromatic carbocycles. The Kier molecular flexibility index (Phi) is 3.61. The van der Waals surface area contributed by atoms with E-state index in [1.165, 1.54) is 0 Å². The predicted octanol–water partition coefficient (Wildman–Crippen LogP) is 1.10. The van der Waals surface area contributed by atoms with E-state index >= 15 is 0 Å². The molecule has 0 spiro atoms. The number of hydrogen-bond donors (Lipinski definition) is 2. The Morgan fingerprint density at radius 1 is 1.29 bits per heavy atom. The number of anilines is 2. The molecular formula is C10H14N6O. The molecule has 2 heterocycles. The van der Waals surface area contributed by atoms with Gasteiger partial charge in [-0.25, -0.2) is 0 Å². The zero-order valence-electron chi connectivity index (χ0n) is 9.71. The molecular weight excluding hydrogens is 220 g/mol. The Bertz CT molecular complexity index is 455. The van der Waals surface area contributed by atoms with Crippen LogP contribution in [0.25, 0.3) is 0 Å². The normalized spacial score (nSPS) is 10.8. The summed E-state index contributed by atoms with van der Waals surface area (Å²) in [4.78, 5) is 0. The average Bonchev–Trinajstić information content (AvgIpc) is 2.75. The van der Waals surface area contributed by atoms with Crippen molar-refractivity contribution in [2.45, 2.75) is 26.4 Å². The van der Waals surface area contributed by atoms with Gasteiger partial charge in [0.1, 0.15) is 0 Å². The Hall–Kier alpha value is -2.02. The first-order chi connectivity index (χ1) is 8.24. The van der Waals surface area contributed by atoms with E-state index in [1.807, 2.05) is 0 Å². The van der Waals surface area contributed by atoms with Crippen LogP contribution in [0.15, 0.2) is 22.7 Å². The van der Waals surface area contributed by atoms with Gasteiger partial charge >= 0.3 is 6.01 Å². The van der Waals surface area contributed by atoms with Crippen LogP contribution in [-0.2, 0) is 6.54 Å². The summed E-state index contributed by atoms with van der Waals surface area (Å²) in [5.74, 6) is 1.10. The summed E-state index contributed by atoms with van der Waals surface area (Å²) in [6.07, 6.45) is 1.59. The van der Waals surface area contributed by atoms with Crippen molar-refractivity contribution in [2.24, 2.45) is 0 Å². The van der Waals surface area contributed by atoms with Gasteiger partial charge in [0.15, 0.2) is 5.82 Å². The zero-order chi connectivity index (χ0) is 12.1. The smallest absolute Gasteiger partial charge is 0.321 e. The van der Waals surface area contributed by atoms with E-state index in [1.54, 1.807) is 18.3 Å². The maximum atomic E-state index is 5.37. The lowest BCUT2D eigenvalue weighted by Crippen LogP contribution is -2.21. The number of rotatable bonds is 5. The standard InChI is InChI=1S/C10H14N6O/c1-7(2)11-6-9-15-16-10(17-9)13-8-4-3-5-12-14-8/h3-5,7,11H,6H2,1-2H3,(H,13,14,16).